The molecular weight excluding hydrogens is 579 g/mol. The zero-order valence-corrected chi connectivity index (χ0v) is 26.7. The number of fused-ring (bicyclic) bond motifs is 3. The molecule has 2 heterocycles. The van der Waals surface area contributed by atoms with E-state index in [0.29, 0.717) is 0 Å². The Morgan fingerprint density at radius 3 is 1.96 bits per heavy atom. The lowest BCUT2D eigenvalue weighted by Gasteiger charge is -2.26. The zero-order chi connectivity index (χ0) is 31.0. The molecule has 1 unspecified atom stereocenters. The smallest absolute Gasteiger partial charge is 0.156 e. The Balaban J connectivity index is 1.30. The molecule has 1 aliphatic carbocycles. The van der Waals surface area contributed by atoms with Gasteiger partial charge in [-0.15, -0.1) is 11.3 Å². The number of hydrogen-bond donors (Lipinski definition) is 1. The highest BCUT2D eigenvalue weighted by Crippen LogP contribution is 2.47. The molecule has 1 aliphatic rings. The number of rotatable bonds is 6. The number of allylic oxidation sites excluding steroid dienone is 4. The molecule has 5 aromatic carbocycles. The summed E-state index contributed by atoms with van der Waals surface area (Å²) in [7, 11) is 0. The summed E-state index contributed by atoms with van der Waals surface area (Å²) >= 11 is 1.89. The number of nitrogens with one attached hydrogen (secondary N) is 1. The van der Waals surface area contributed by atoms with Gasteiger partial charge in [0.15, 0.2) is 5.82 Å². The van der Waals surface area contributed by atoms with E-state index in [1.807, 2.05) is 23.5 Å². The van der Waals surface area contributed by atoms with Crippen molar-refractivity contribution in [1.82, 2.24) is 9.97 Å². The molecule has 46 heavy (non-hydrogen) atoms. The van der Waals surface area contributed by atoms with Crippen molar-refractivity contribution in [2.24, 2.45) is 5.92 Å². The van der Waals surface area contributed by atoms with Gasteiger partial charge in [-0.1, -0.05) is 116 Å². The molecular formula is C42H33N3S. The first-order valence-corrected chi connectivity index (χ1v) is 16.6. The van der Waals surface area contributed by atoms with E-state index >= 15 is 0 Å². The van der Waals surface area contributed by atoms with Crippen molar-refractivity contribution in [2.75, 3.05) is 5.32 Å². The number of thiophene rings is 1. The van der Waals surface area contributed by atoms with Gasteiger partial charge in [0.2, 0.25) is 0 Å². The van der Waals surface area contributed by atoms with Crippen molar-refractivity contribution in [2.45, 2.75) is 20.3 Å². The monoisotopic (exact) mass is 611 g/mol. The second kappa shape index (κ2) is 11.9. The lowest BCUT2D eigenvalue weighted by molar-refractivity contribution is 0.756. The fraction of sp³-hybridized carbons (Fsp3) is 0.0952. The summed E-state index contributed by atoms with van der Waals surface area (Å²) in [5, 5.41) is 6.38. The summed E-state index contributed by atoms with van der Waals surface area (Å²) in [5.74, 6) is 1.02. The Morgan fingerprint density at radius 1 is 0.674 bits per heavy atom. The summed E-state index contributed by atoms with van der Waals surface area (Å²) < 4.78 is 2.64. The van der Waals surface area contributed by atoms with Crippen LogP contribution in [0.5, 0.6) is 0 Å². The number of nitrogens with zero attached hydrogens (tertiary/aromatic N) is 2. The van der Waals surface area contributed by atoms with Gasteiger partial charge in [0.05, 0.1) is 11.4 Å². The van der Waals surface area contributed by atoms with Crippen LogP contribution in [0.1, 0.15) is 31.7 Å². The molecule has 0 bridgehead atoms. The summed E-state index contributed by atoms with van der Waals surface area (Å²) in [6.07, 6.45) is 3.23. The van der Waals surface area contributed by atoms with Crippen LogP contribution >= 0.6 is 11.3 Å². The molecule has 2 aromatic heterocycles. The van der Waals surface area contributed by atoms with Gasteiger partial charge in [-0.2, -0.15) is 0 Å². The highest BCUT2D eigenvalue weighted by Gasteiger charge is 2.27. The average molecular weight is 612 g/mol. The van der Waals surface area contributed by atoms with Crippen molar-refractivity contribution in [3.8, 4) is 22.5 Å². The molecule has 0 saturated carbocycles. The van der Waals surface area contributed by atoms with Crippen molar-refractivity contribution in [1.29, 1.82) is 0 Å². The molecule has 0 amide bonds. The van der Waals surface area contributed by atoms with Crippen molar-refractivity contribution >= 4 is 54.0 Å². The molecule has 1 atom stereocenters. The second-order valence-corrected chi connectivity index (χ2v) is 13.1. The van der Waals surface area contributed by atoms with Crippen LogP contribution in [-0.2, 0) is 0 Å². The summed E-state index contributed by atoms with van der Waals surface area (Å²) in [6.45, 7) is 4.56. The third-order valence-corrected chi connectivity index (χ3v) is 10.1. The van der Waals surface area contributed by atoms with Gasteiger partial charge >= 0.3 is 0 Å². The Hall–Kier alpha value is -5.32. The van der Waals surface area contributed by atoms with Crippen molar-refractivity contribution < 1.29 is 0 Å². The van der Waals surface area contributed by atoms with Crippen LogP contribution in [-0.4, -0.2) is 9.97 Å². The summed E-state index contributed by atoms with van der Waals surface area (Å²) in [4.78, 5) is 10.4. The Bertz CT molecular complexity index is 2210. The number of para-hydroxylation sites is 1. The predicted molar refractivity (Wildman–Crippen MR) is 196 cm³/mol. The lowest BCUT2D eigenvalue weighted by Crippen LogP contribution is -2.11. The molecule has 0 saturated heterocycles. The van der Waals surface area contributed by atoms with Crippen LogP contribution in [0.3, 0.4) is 0 Å². The second-order valence-electron chi connectivity index (χ2n) is 12.0. The predicted octanol–water partition coefficient (Wildman–Crippen LogP) is 11.8. The van der Waals surface area contributed by atoms with Gasteiger partial charge in [0.1, 0.15) is 0 Å². The topological polar surface area (TPSA) is 37.8 Å². The minimum absolute atomic E-state index is 0.225. The zero-order valence-electron chi connectivity index (χ0n) is 25.9. The van der Waals surface area contributed by atoms with Crippen LogP contribution in [0, 0.1) is 5.92 Å². The first-order chi connectivity index (χ1) is 22.6. The van der Waals surface area contributed by atoms with E-state index in [2.05, 4.69) is 147 Å². The molecule has 3 nitrogen and oxygen atoms in total. The van der Waals surface area contributed by atoms with Gasteiger partial charge in [0.25, 0.3) is 0 Å². The van der Waals surface area contributed by atoms with Gasteiger partial charge in [0, 0.05) is 53.8 Å². The van der Waals surface area contributed by atoms with Gasteiger partial charge in [-0.3, -0.25) is 0 Å². The number of anilines is 2. The van der Waals surface area contributed by atoms with Gasteiger partial charge in [-0.05, 0) is 60.7 Å². The quantitative estimate of drug-likeness (QED) is 0.203. The molecule has 8 rings (SSSR count). The largest absolute Gasteiger partial charge is 0.355 e. The van der Waals surface area contributed by atoms with E-state index in [0.717, 1.165) is 46.1 Å². The molecule has 0 spiro atoms. The van der Waals surface area contributed by atoms with E-state index < -0.39 is 0 Å². The Kier molecular flexibility index (Phi) is 7.28. The Labute approximate surface area is 273 Å². The SMILES string of the molecule is CC1=C(c2c(Nc3ccccc3)ccc3c2sc2ccccc23)CC(C)C(c2nc(-c3ccccc3)cc(-c3ccccc3)n2)=C1. The Morgan fingerprint density at radius 2 is 1.28 bits per heavy atom. The molecule has 0 aliphatic heterocycles. The maximum Gasteiger partial charge on any atom is 0.156 e. The first-order valence-electron chi connectivity index (χ1n) is 15.8. The fourth-order valence-corrected chi connectivity index (χ4v) is 7.86. The molecule has 222 valence electrons. The maximum absolute atomic E-state index is 5.18. The summed E-state index contributed by atoms with van der Waals surface area (Å²) in [5.41, 5.74) is 11.4. The van der Waals surface area contributed by atoms with Crippen molar-refractivity contribution in [3.05, 3.63) is 156 Å². The number of benzene rings is 5. The number of hydrogen-bond acceptors (Lipinski definition) is 4. The third-order valence-electron chi connectivity index (χ3n) is 8.91. The average Bonchev–Trinajstić information content (AvgIpc) is 3.49. The van der Waals surface area contributed by atoms with Crippen LogP contribution in [0.4, 0.5) is 11.4 Å². The minimum atomic E-state index is 0.225. The van der Waals surface area contributed by atoms with E-state index in [9.17, 15) is 0 Å². The third kappa shape index (κ3) is 5.21. The van der Waals surface area contributed by atoms with Crippen LogP contribution in [0.2, 0.25) is 0 Å². The standard InChI is InChI=1S/C42H33N3S/c1-27-25-35(42-44-37(29-14-6-3-7-15-29)26-38(45-42)30-16-8-4-9-17-30)28(2)24-34(27)40-36(43-31-18-10-5-11-19-31)23-22-33-32-20-12-13-21-39(32)46-41(33)40/h3-23,25-26,28,43H,24H2,1-2H3. The minimum Gasteiger partial charge on any atom is -0.355 e. The van der Waals surface area contributed by atoms with Crippen molar-refractivity contribution in [3.63, 3.8) is 0 Å². The molecule has 0 radical (unpaired) electrons. The van der Waals surface area contributed by atoms with Crippen LogP contribution in [0.25, 0.3) is 53.8 Å². The van der Waals surface area contributed by atoms with E-state index in [4.69, 9.17) is 9.97 Å². The van der Waals surface area contributed by atoms with Gasteiger partial charge in [-0.25, -0.2) is 9.97 Å². The summed E-state index contributed by atoms with van der Waals surface area (Å²) in [6, 6.07) is 46.7. The van der Waals surface area contributed by atoms with Gasteiger partial charge < -0.3 is 5.32 Å². The highest BCUT2D eigenvalue weighted by molar-refractivity contribution is 7.26. The van der Waals surface area contributed by atoms with E-state index in [1.165, 1.54) is 42.5 Å². The maximum atomic E-state index is 5.18. The van der Waals surface area contributed by atoms with E-state index in [-0.39, 0.29) is 5.92 Å². The molecule has 1 N–H and O–H groups in total. The van der Waals surface area contributed by atoms with Crippen LogP contribution in [0.15, 0.2) is 145 Å². The number of aromatic nitrogens is 2. The molecule has 7 aromatic rings. The molecule has 0 fully saturated rings. The highest BCUT2D eigenvalue weighted by atomic mass is 32.1. The first kappa shape index (κ1) is 28.2. The normalized spacial score (nSPS) is 14.9. The fourth-order valence-electron chi connectivity index (χ4n) is 6.58. The van der Waals surface area contributed by atoms with E-state index in [1.54, 1.807) is 0 Å². The lowest BCUT2D eigenvalue weighted by atomic mass is 9.81. The molecule has 4 heteroatoms. The van der Waals surface area contributed by atoms with Crippen LogP contribution < -0.4 is 5.32 Å².